The van der Waals surface area contributed by atoms with E-state index in [0.717, 1.165) is 5.56 Å². The minimum Gasteiger partial charge on any atom is -0.483 e. The van der Waals surface area contributed by atoms with Crippen LogP contribution in [0, 0.1) is 0 Å². The highest BCUT2D eigenvalue weighted by Crippen LogP contribution is 2.16. The molecule has 0 aliphatic heterocycles. The van der Waals surface area contributed by atoms with E-state index in [1.165, 1.54) is 4.90 Å². The lowest BCUT2D eigenvalue weighted by atomic mass is 10.2. The predicted molar refractivity (Wildman–Crippen MR) is 70.6 cm³/mol. The molecule has 0 aromatic heterocycles. The van der Waals surface area contributed by atoms with Crippen LogP contribution in [0.1, 0.15) is 5.56 Å². The third-order valence-corrected chi connectivity index (χ3v) is 2.64. The van der Waals surface area contributed by atoms with Crippen molar-refractivity contribution >= 4 is 5.91 Å². The van der Waals surface area contributed by atoms with Crippen LogP contribution >= 0.6 is 0 Å². The molecule has 6 nitrogen and oxygen atoms in total. The number of aliphatic hydroxyl groups excluding tert-OH is 2. The van der Waals surface area contributed by atoms with Crippen molar-refractivity contribution in [2.75, 3.05) is 32.9 Å². The number of aliphatic hydroxyl groups is 2. The SMILES string of the molecule is NCc1ccccc1OCC(=O)N(CCO)CCO. The molecular weight excluding hydrogens is 248 g/mol. The van der Waals surface area contributed by atoms with Crippen LogP contribution in [0.25, 0.3) is 0 Å². The van der Waals surface area contributed by atoms with E-state index in [1.54, 1.807) is 12.1 Å². The number of nitrogens with zero attached hydrogens (tertiary/aromatic N) is 1. The number of hydrogen-bond acceptors (Lipinski definition) is 5. The Labute approximate surface area is 112 Å². The molecule has 0 aliphatic rings. The number of carbonyl (C=O) groups excluding carboxylic acids is 1. The molecule has 0 saturated heterocycles. The molecule has 0 heterocycles. The second-order valence-corrected chi connectivity index (χ2v) is 3.93. The lowest BCUT2D eigenvalue weighted by molar-refractivity contribution is -0.134. The molecule has 0 saturated carbocycles. The Morgan fingerprint density at radius 3 is 2.42 bits per heavy atom. The molecule has 0 radical (unpaired) electrons. The van der Waals surface area contributed by atoms with Gasteiger partial charge in [-0.25, -0.2) is 0 Å². The Hall–Kier alpha value is -1.63. The summed E-state index contributed by atoms with van der Waals surface area (Å²) in [6, 6.07) is 7.23. The number of rotatable bonds is 8. The smallest absolute Gasteiger partial charge is 0.260 e. The molecule has 6 heteroatoms. The van der Waals surface area contributed by atoms with Gasteiger partial charge in [0.15, 0.2) is 6.61 Å². The summed E-state index contributed by atoms with van der Waals surface area (Å²) in [5, 5.41) is 17.7. The minimum absolute atomic E-state index is 0.142. The van der Waals surface area contributed by atoms with Crippen LogP contribution in [0.15, 0.2) is 24.3 Å². The van der Waals surface area contributed by atoms with E-state index in [-0.39, 0.29) is 38.8 Å². The van der Waals surface area contributed by atoms with E-state index >= 15 is 0 Å². The first-order valence-corrected chi connectivity index (χ1v) is 6.13. The Morgan fingerprint density at radius 2 is 1.84 bits per heavy atom. The van der Waals surface area contributed by atoms with Crippen LogP contribution in [0.5, 0.6) is 5.75 Å². The number of nitrogens with two attached hydrogens (primary N) is 1. The van der Waals surface area contributed by atoms with Crippen LogP contribution in [0.4, 0.5) is 0 Å². The van der Waals surface area contributed by atoms with Gasteiger partial charge in [0.1, 0.15) is 5.75 Å². The maximum atomic E-state index is 11.8. The van der Waals surface area contributed by atoms with Gasteiger partial charge in [0.2, 0.25) is 0 Å². The topological polar surface area (TPSA) is 96.0 Å². The van der Waals surface area contributed by atoms with Gasteiger partial charge in [0.25, 0.3) is 5.91 Å². The van der Waals surface area contributed by atoms with E-state index in [9.17, 15) is 4.79 Å². The van der Waals surface area contributed by atoms with Gasteiger partial charge in [-0.2, -0.15) is 0 Å². The predicted octanol–water partition coefficient (Wildman–Crippen LogP) is -0.663. The fourth-order valence-corrected chi connectivity index (χ4v) is 1.65. The van der Waals surface area contributed by atoms with Gasteiger partial charge in [-0.05, 0) is 6.07 Å². The van der Waals surface area contributed by atoms with Crippen LogP contribution in [-0.4, -0.2) is 53.9 Å². The average molecular weight is 268 g/mol. The standard InChI is InChI=1S/C13H20N2O4/c14-9-11-3-1-2-4-12(11)19-10-13(18)15(5-7-16)6-8-17/h1-4,16-17H,5-10,14H2. The fraction of sp³-hybridized carbons (Fsp3) is 0.462. The maximum Gasteiger partial charge on any atom is 0.260 e. The van der Waals surface area contributed by atoms with Gasteiger partial charge >= 0.3 is 0 Å². The fourth-order valence-electron chi connectivity index (χ4n) is 1.65. The largest absolute Gasteiger partial charge is 0.483 e. The summed E-state index contributed by atoms with van der Waals surface area (Å²) in [6.45, 7) is 0.261. The lowest BCUT2D eigenvalue weighted by Gasteiger charge is -2.21. The zero-order chi connectivity index (χ0) is 14.1. The molecule has 0 atom stereocenters. The molecule has 1 rings (SSSR count). The molecule has 0 aliphatic carbocycles. The van der Waals surface area contributed by atoms with Crippen LogP contribution < -0.4 is 10.5 Å². The summed E-state index contributed by atoms with van der Waals surface area (Å²) in [4.78, 5) is 13.2. The number of amides is 1. The summed E-state index contributed by atoms with van der Waals surface area (Å²) in [6.07, 6.45) is 0. The second-order valence-electron chi connectivity index (χ2n) is 3.93. The number of ether oxygens (including phenoxy) is 1. The van der Waals surface area contributed by atoms with Crippen LogP contribution in [0.3, 0.4) is 0 Å². The summed E-state index contributed by atoms with van der Waals surface area (Å²) in [7, 11) is 0. The minimum atomic E-state index is -0.282. The van der Waals surface area contributed by atoms with Crippen molar-refractivity contribution in [2.24, 2.45) is 5.73 Å². The molecule has 1 aromatic rings. The Bertz CT molecular complexity index is 392. The molecule has 0 spiro atoms. The van der Waals surface area contributed by atoms with Crippen molar-refractivity contribution in [1.82, 2.24) is 4.90 Å². The number of carbonyl (C=O) groups is 1. The normalized spacial score (nSPS) is 10.3. The zero-order valence-corrected chi connectivity index (χ0v) is 10.8. The molecule has 1 aromatic carbocycles. The molecule has 19 heavy (non-hydrogen) atoms. The van der Waals surface area contributed by atoms with Crippen molar-refractivity contribution in [3.05, 3.63) is 29.8 Å². The lowest BCUT2D eigenvalue weighted by Crippen LogP contribution is -2.39. The summed E-state index contributed by atoms with van der Waals surface area (Å²) in [5.74, 6) is 0.293. The summed E-state index contributed by atoms with van der Waals surface area (Å²) < 4.78 is 5.43. The summed E-state index contributed by atoms with van der Waals surface area (Å²) >= 11 is 0. The van der Waals surface area contributed by atoms with Gasteiger partial charge in [0, 0.05) is 25.2 Å². The van der Waals surface area contributed by atoms with E-state index in [4.69, 9.17) is 20.7 Å². The highest BCUT2D eigenvalue weighted by molar-refractivity contribution is 5.77. The third-order valence-electron chi connectivity index (χ3n) is 2.64. The van der Waals surface area contributed by atoms with E-state index in [2.05, 4.69) is 0 Å². The average Bonchev–Trinajstić information content (AvgIpc) is 2.44. The zero-order valence-electron chi connectivity index (χ0n) is 10.8. The number of benzene rings is 1. The van der Waals surface area contributed by atoms with Gasteiger partial charge in [0.05, 0.1) is 13.2 Å². The monoisotopic (exact) mass is 268 g/mol. The molecule has 0 bridgehead atoms. The van der Waals surface area contributed by atoms with Crippen molar-refractivity contribution in [3.63, 3.8) is 0 Å². The van der Waals surface area contributed by atoms with E-state index < -0.39 is 0 Å². The second kappa shape index (κ2) is 8.47. The summed E-state index contributed by atoms with van der Waals surface area (Å²) in [5.41, 5.74) is 6.40. The Kier molecular flexibility index (Phi) is 6.88. The van der Waals surface area contributed by atoms with Gasteiger partial charge in [-0.15, -0.1) is 0 Å². The first kappa shape index (κ1) is 15.4. The highest BCUT2D eigenvalue weighted by Gasteiger charge is 2.13. The first-order valence-electron chi connectivity index (χ1n) is 6.13. The van der Waals surface area contributed by atoms with Crippen molar-refractivity contribution < 1.29 is 19.7 Å². The quantitative estimate of drug-likeness (QED) is 0.581. The Balaban J connectivity index is 2.56. The first-order chi connectivity index (χ1) is 9.22. The Morgan fingerprint density at radius 1 is 1.21 bits per heavy atom. The molecule has 0 fully saturated rings. The van der Waals surface area contributed by atoms with Gasteiger partial charge in [-0.3, -0.25) is 4.79 Å². The highest BCUT2D eigenvalue weighted by atomic mass is 16.5. The maximum absolute atomic E-state index is 11.8. The van der Waals surface area contributed by atoms with E-state index in [1.807, 2.05) is 12.1 Å². The van der Waals surface area contributed by atoms with Crippen molar-refractivity contribution in [3.8, 4) is 5.75 Å². The van der Waals surface area contributed by atoms with Crippen LogP contribution in [-0.2, 0) is 11.3 Å². The van der Waals surface area contributed by atoms with Crippen molar-refractivity contribution in [1.29, 1.82) is 0 Å². The van der Waals surface area contributed by atoms with E-state index in [0.29, 0.717) is 12.3 Å². The number of para-hydroxylation sites is 1. The molecule has 4 N–H and O–H groups in total. The van der Waals surface area contributed by atoms with Gasteiger partial charge in [-0.1, -0.05) is 18.2 Å². The van der Waals surface area contributed by atoms with Crippen LogP contribution in [0.2, 0.25) is 0 Å². The molecule has 0 unspecified atom stereocenters. The molecule has 106 valence electrons. The molecular formula is C13H20N2O4. The number of hydrogen-bond donors (Lipinski definition) is 3. The van der Waals surface area contributed by atoms with Crippen molar-refractivity contribution in [2.45, 2.75) is 6.54 Å². The molecule has 1 amide bonds. The van der Waals surface area contributed by atoms with Gasteiger partial charge < -0.3 is 25.6 Å². The third kappa shape index (κ3) is 4.86.